The lowest BCUT2D eigenvalue weighted by molar-refractivity contribution is 0.0979. The van der Waals surface area contributed by atoms with Gasteiger partial charge in [0.1, 0.15) is 5.75 Å². The molecule has 0 amide bonds. The minimum absolute atomic E-state index is 0.0112. The lowest BCUT2D eigenvalue weighted by Crippen LogP contribution is -2.00. The summed E-state index contributed by atoms with van der Waals surface area (Å²) in [6.45, 7) is 1.97. The molecule has 22 heavy (non-hydrogen) atoms. The van der Waals surface area contributed by atoms with Gasteiger partial charge in [-0.1, -0.05) is 61.5 Å². The largest absolute Gasteiger partial charge is 0.507 e. The summed E-state index contributed by atoms with van der Waals surface area (Å²) in [5.41, 5.74) is 2.44. The lowest BCUT2D eigenvalue weighted by atomic mass is 9.92. The van der Waals surface area contributed by atoms with Crippen LogP contribution in [0.4, 0.5) is 0 Å². The van der Waals surface area contributed by atoms with Gasteiger partial charge < -0.3 is 5.11 Å². The Morgan fingerprint density at radius 1 is 0.955 bits per heavy atom. The third kappa shape index (κ3) is 2.48. The van der Waals surface area contributed by atoms with E-state index in [9.17, 15) is 9.90 Å². The molecule has 2 nitrogen and oxygen atoms in total. The van der Waals surface area contributed by atoms with E-state index in [2.05, 4.69) is 0 Å². The van der Waals surface area contributed by atoms with Gasteiger partial charge in [0, 0.05) is 11.8 Å². The standard InChI is InChI=1S/C20H18O2/c1-2-8-19(21)18-13-17(14-9-4-3-5-10-14)15-11-6-7-12-16(15)20(18)22/h3-7,9-13,22H,2,8H2,1H3. The zero-order valence-electron chi connectivity index (χ0n) is 12.5. The summed E-state index contributed by atoms with van der Waals surface area (Å²) >= 11 is 0. The number of phenols is 1. The van der Waals surface area contributed by atoms with Gasteiger partial charge in [-0.2, -0.15) is 0 Å². The third-order valence-electron chi connectivity index (χ3n) is 3.88. The lowest BCUT2D eigenvalue weighted by Gasteiger charge is -2.12. The van der Waals surface area contributed by atoms with Crippen molar-refractivity contribution in [3.8, 4) is 16.9 Å². The van der Waals surface area contributed by atoms with Crippen molar-refractivity contribution >= 4 is 16.6 Å². The van der Waals surface area contributed by atoms with E-state index in [1.807, 2.05) is 67.6 Å². The van der Waals surface area contributed by atoms with E-state index in [1.54, 1.807) is 0 Å². The van der Waals surface area contributed by atoms with Crippen molar-refractivity contribution in [1.82, 2.24) is 0 Å². The number of Topliss-reactive ketones (excluding diaryl/α,β-unsaturated/α-hetero) is 1. The molecule has 0 saturated heterocycles. The van der Waals surface area contributed by atoms with Gasteiger partial charge in [0.25, 0.3) is 0 Å². The Labute approximate surface area is 130 Å². The van der Waals surface area contributed by atoms with Gasteiger partial charge in [-0.15, -0.1) is 0 Å². The van der Waals surface area contributed by atoms with Crippen LogP contribution in [0.1, 0.15) is 30.1 Å². The molecule has 0 aliphatic rings. The van der Waals surface area contributed by atoms with Crippen LogP contribution in [0.25, 0.3) is 21.9 Å². The zero-order chi connectivity index (χ0) is 15.5. The molecule has 0 heterocycles. The summed E-state index contributed by atoms with van der Waals surface area (Å²) in [4.78, 5) is 12.3. The number of hydrogen-bond acceptors (Lipinski definition) is 2. The Bertz CT molecular complexity index is 820. The molecule has 2 heteroatoms. The number of rotatable bonds is 4. The van der Waals surface area contributed by atoms with Gasteiger partial charge in [0.05, 0.1) is 5.56 Å². The highest BCUT2D eigenvalue weighted by Gasteiger charge is 2.16. The van der Waals surface area contributed by atoms with Crippen molar-refractivity contribution in [1.29, 1.82) is 0 Å². The Hall–Kier alpha value is -2.61. The molecule has 1 N–H and O–H groups in total. The van der Waals surface area contributed by atoms with Crippen LogP contribution in [-0.2, 0) is 0 Å². The highest BCUT2D eigenvalue weighted by Crippen LogP contribution is 2.37. The van der Waals surface area contributed by atoms with E-state index in [4.69, 9.17) is 0 Å². The first-order chi connectivity index (χ1) is 10.7. The van der Waals surface area contributed by atoms with E-state index in [1.165, 1.54) is 0 Å². The smallest absolute Gasteiger partial charge is 0.166 e. The van der Waals surface area contributed by atoms with Crippen LogP contribution in [-0.4, -0.2) is 10.9 Å². The molecule has 0 aliphatic heterocycles. The van der Waals surface area contributed by atoms with Crippen molar-refractivity contribution in [3.63, 3.8) is 0 Å². The van der Waals surface area contributed by atoms with Gasteiger partial charge >= 0.3 is 0 Å². The number of benzene rings is 3. The SMILES string of the molecule is CCCC(=O)c1cc(-c2ccccc2)c2ccccc2c1O. The quantitative estimate of drug-likeness (QED) is 0.671. The number of phenolic OH excluding ortho intramolecular Hbond substituents is 1. The number of aromatic hydroxyl groups is 1. The van der Waals surface area contributed by atoms with E-state index < -0.39 is 0 Å². The molecule has 0 radical (unpaired) electrons. The van der Waals surface area contributed by atoms with Gasteiger partial charge in [-0.3, -0.25) is 4.79 Å². The summed E-state index contributed by atoms with van der Waals surface area (Å²) in [5.74, 6) is 0.0802. The second-order valence-electron chi connectivity index (χ2n) is 5.41. The monoisotopic (exact) mass is 290 g/mol. The van der Waals surface area contributed by atoms with Crippen molar-refractivity contribution in [2.45, 2.75) is 19.8 Å². The number of carbonyl (C=O) groups excluding carboxylic acids is 1. The third-order valence-corrected chi connectivity index (χ3v) is 3.88. The van der Waals surface area contributed by atoms with Crippen LogP contribution >= 0.6 is 0 Å². The Balaban J connectivity index is 2.31. The maximum absolute atomic E-state index is 12.3. The predicted molar refractivity (Wildman–Crippen MR) is 90.3 cm³/mol. The summed E-state index contributed by atoms with van der Waals surface area (Å²) in [7, 11) is 0. The molecule has 0 unspecified atom stereocenters. The average Bonchev–Trinajstić information content (AvgIpc) is 2.56. The van der Waals surface area contributed by atoms with E-state index in [-0.39, 0.29) is 11.5 Å². The Kier molecular flexibility index (Phi) is 3.92. The summed E-state index contributed by atoms with van der Waals surface area (Å²) in [6.07, 6.45) is 1.21. The van der Waals surface area contributed by atoms with E-state index in [0.29, 0.717) is 12.0 Å². The molecule has 0 fully saturated rings. The molecule has 0 saturated carbocycles. The van der Waals surface area contributed by atoms with E-state index >= 15 is 0 Å². The van der Waals surface area contributed by atoms with Crippen molar-refractivity contribution in [2.24, 2.45) is 0 Å². The molecular weight excluding hydrogens is 272 g/mol. The van der Waals surface area contributed by atoms with Gasteiger partial charge in [-0.25, -0.2) is 0 Å². The van der Waals surface area contributed by atoms with Crippen molar-refractivity contribution < 1.29 is 9.90 Å². The number of carbonyl (C=O) groups is 1. The molecular formula is C20H18O2. The Morgan fingerprint density at radius 2 is 1.59 bits per heavy atom. The summed E-state index contributed by atoms with van der Waals surface area (Å²) < 4.78 is 0. The molecule has 0 atom stereocenters. The first-order valence-corrected chi connectivity index (χ1v) is 7.55. The maximum Gasteiger partial charge on any atom is 0.166 e. The molecule has 0 spiro atoms. The fraction of sp³-hybridized carbons (Fsp3) is 0.150. The van der Waals surface area contributed by atoms with Crippen LogP contribution in [0.2, 0.25) is 0 Å². The van der Waals surface area contributed by atoms with E-state index in [0.717, 1.165) is 28.3 Å². The second-order valence-corrected chi connectivity index (χ2v) is 5.41. The van der Waals surface area contributed by atoms with Crippen LogP contribution in [0.3, 0.4) is 0 Å². The minimum atomic E-state index is -0.0112. The van der Waals surface area contributed by atoms with Crippen LogP contribution < -0.4 is 0 Å². The number of hydrogen-bond donors (Lipinski definition) is 1. The topological polar surface area (TPSA) is 37.3 Å². The predicted octanol–water partition coefficient (Wildman–Crippen LogP) is 5.20. The van der Waals surface area contributed by atoms with Gasteiger partial charge in [0.2, 0.25) is 0 Å². The highest BCUT2D eigenvalue weighted by atomic mass is 16.3. The van der Waals surface area contributed by atoms with Crippen LogP contribution in [0.15, 0.2) is 60.7 Å². The number of ketones is 1. The normalized spacial score (nSPS) is 10.8. The van der Waals surface area contributed by atoms with Crippen LogP contribution in [0, 0.1) is 0 Å². The van der Waals surface area contributed by atoms with Crippen molar-refractivity contribution in [3.05, 3.63) is 66.2 Å². The van der Waals surface area contributed by atoms with Gasteiger partial charge in [-0.05, 0) is 29.0 Å². The molecule has 0 bridgehead atoms. The fourth-order valence-electron chi connectivity index (χ4n) is 2.79. The molecule has 3 aromatic carbocycles. The van der Waals surface area contributed by atoms with Gasteiger partial charge in [0.15, 0.2) is 5.78 Å². The van der Waals surface area contributed by atoms with Crippen LogP contribution in [0.5, 0.6) is 5.75 Å². The first-order valence-electron chi connectivity index (χ1n) is 7.55. The van der Waals surface area contributed by atoms with Crippen molar-refractivity contribution in [2.75, 3.05) is 0 Å². The molecule has 110 valence electrons. The zero-order valence-corrected chi connectivity index (χ0v) is 12.5. The highest BCUT2D eigenvalue weighted by molar-refractivity contribution is 6.09. The second kappa shape index (κ2) is 6.02. The molecule has 3 rings (SSSR count). The summed E-state index contributed by atoms with van der Waals surface area (Å²) in [6, 6.07) is 19.5. The minimum Gasteiger partial charge on any atom is -0.507 e. The fourth-order valence-corrected chi connectivity index (χ4v) is 2.79. The average molecular weight is 290 g/mol. The molecule has 3 aromatic rings. The molecule has 0 aromatic heterocycles. The first kappa shape index (κ1) is 14.3. The molecule has 0 aliphatic carbocycles. The Morgan fingerprint density at radius 3 is 2.27 bits per heavy atom. The maximum atomic E-state index is 12.3. The number of fused-ring (bicyclic) bond motifs is 1. The summed E-state index contributed by atoms with van der Waals surface area (Å²) in [5, 5.41) is 12.2.